The van der Waals surface area contributed by atoms with Gasteiger partial charge in [-0.3, -0.25) is 9.59 Å². The number of methoxy groups -OCH3 is 1. The predicted octanol–water partition coefficient (Wildman–Crippen LogP) is 5.69. The lowest BCUT2D eigenvalue weighted by Crippen LogP contribution is -2.18. The van der Waals surface area contributed by atoms with Crippen LogP contribution in [0.5, 0.6) is 11.5 Å². The molecule has 0 aliphatic heterocycles. The molecule has 4 aromatic rings. The Labute approximate surface area is 227 Å². The number of benzene rings is 4. The first-order chi connectivity index (χ1) is 18.4. The van der Waals surface area contributed by atoms with Crippen LogP contribution < -0.4 is 20.2 Å². The van der Waals surface area contributed by atoms with Crippen molar-refractivity contribution >= 4 is 45.6 Å². The average Bonchev–Trinajstić information content (AvgIpc) is 2.95. The van der Waals surface area contributed by atoms with Crippen molar-refractivity contribution in [3.63, 3.8) is 0 Å². The van der Waals surface area contributed by atoms with Crippen molar-refractivity contribution < 1.29 is 23.9 Å². The van der Waals surface area contributed by atoms with Crippen LogP contribution >= 0.6 is 15.9 Å². The van der Waals surface area contributed by atoms with Crippen LogP contribution in [-0.4, -0.2) is 31.1 Å². The fourth-order valence-corrected chi connectivity index (χ4v) is 3.70. The molecule has 9 heteroatoms. The molecular formula is C29H22BrN3O5. The minimum Gasteiger partial charge on any atom is -0.497 e. The Morgan fingerprint density at radius 3 is 2.13 bits per heavy atom. The lowest BCUT2D eigenvalue weighted by Gasteiger charge is -2.08. The van der Waals surface area contributed by atoms with Gasteiger partial charge in [0, 0.05) is 26.9 Å². The third-order valence-electron chi connectivity index (χ3n) is 5.31. The molecule has 0 saturated heterocycles. The average molecular weight is 572 g/mol. The van der Waals surface area contributed by atoms with Gasteiger partial charge in [0.25, 0.3) is 11.8 Å². The van der Waals surface area contributed by atoms with E-state index in [1.54, 1.807) is 98.1 Å². The van der Waals surface area contributed by atoms with Crippen LogP contribution in [0.2, 0.25) is 0 Å². The molecule has 0 saturated carbocycles. The van der Waals surface area contributed by atoms with Gasteiger partial charge >= 0.3 is 5.97 Å². The van der Waals surface area contributed by atoms with Crippen molar-refractivity contribution in [2.45, 2.75) is 0 Å². The Balaban J connectivity index is 1.37. The highest BCUT2D eigenvalue weighted by Gasteiger charge is 2.12. The third kappa shape index (κ3) is 6.92. The number of rotatable bonds is 8. The molecule has 2 N–H and O–H groups in total. The van der Waals surface area contributed by atoms with Crippen LogP contribution in [0.4, 0.5) is 5.69 Å². The van der Waals surface area contributed by atoms with E-state index in [4.69, 9.17) is 9.47 Å². The van der Waals surface area contributed by atoms with Gasteiger partial charge in [0.05, 0.1) is 18.9 Å². The van der Waals surface area contributed by atoms with E-state index in [0.717, 1.165) is 4.47 Å². The maximum atomic E-state index is 12.5. The third-order valence-corrected chi connectivity index (χ3v) is 5.80. The number of esters is 1. The van der Waals surface area contributed by atoms with Gasteiger partial charge < -0.3 is 14.8 Å². The monoisotopic (exact) mass is 571 g/mol. The van der Waals surface area contributed by atoms with Gasteiger partial charge in [0.15, 0.2) is 0 Å². The van der Waals surface area contributed by atoms with Crippen molar-refractivity contribution in [1.29, 1.82) is 0 Å². The second kappa shape index (κ2) is 12.5. The minimum absolute atomic E-state index is 0.285. The molecule has 0 atom stereocenters. The maximum absolute atomic E-state index is 12.5. The van der Waals surface area contributed by atoms with Crippen molar-refractivity contribution in [2.75, 3.05) is 12.4 Å². The molecule has 0 fully saturated rings. The SMILES string of the molecule is COc1ccc(C(=O)Nc2ccc(C(=O)N/N=C\c3cc(Br)ccc3OC(=O)c3ccccc3)cc2)cc1. The van der Waals surface area contributed by atoms with E-state index in [-0.39, 0.29) is 11.7 Å². The topological polar surface area (TPSA) is 106 Å². The van der Waals surface area contributed by atoms with Crippen LogP contribution in [-0.2, 0) is 0 Å². The number of anilines is 1. The van der Waals surface area contributed by atoms with Crippen molar-refractivity contribution in [1.82, 2.24) is 5.43 Å². The van der Waals surface area contributed by atoms with Crippen LogP contribution in [0.25, 0.3) is 0 Å². The Bertz CT molecular complexity index is 1470. The highest BCUT2D eigenvalue weighted by atomic mass is 79.9. The number of halogens is 1. The molecule has 0 aliphatic rings. The van der Waals surface area contributed by atoms with E-state index >= 15 is 0 Å². The summed E-state index contributed by atoms with van der Waals surface area (Å²) in [5, 5.41) is 6.79. The van der Waals surface area contributed by atoms with Crippen molar-refractivity contribution in [3.05, 3.63) is 124 Å². The van der Waals surface area contributed by atoms with Crippen LogP contribution in [0.1, 0.15) is 36.6 Å². The lowest BCUT2D eigenvalue weighted by atomic mass is 10.1. The molecule has 190 valence electrons. The first kappa shape index (κ1) is 26.3. The van der Waals surface area contributed by atoms with Crippen LogP contribution in [0.3, 0.4) is 0 Å². The van der Waals surface area contributed by atoms with E-state index in [1.807, 2.05) is 6.07 Å². The Hall–Kier alpha value is -4.76. The molecule has 0 unspecified atom stereocenters. The van der Waals surface area contributed by atoms with Gasteiger partial charge in [-0.25, -0.2) is 10.2 Å². The number of carbonyl (C=O) groups is 3. The van der Waals surface area contributed by atoms with Gasteiger partial charge in [-0.05, 0) is 78.9 Å². The summed E-state index contributed by atoms with van der Waals surface area (Å²) in [5.41, 5.74) is 4.70. The summed E-state index contributed by atoms with van der Waals surface area (Å²) in [6.07, 6.45) is 1.39. The second-order valence-corrected chi connectivity index (χ2v) is 8.81. The number of hydrogen-bond acceptors (Lipinski definition) is 6. The van der Waals surface area contributed by atoms with E-state index in [2.05, 4.69) is 31.8 Å². The number of hydrazone groups is 1. The molecule has 38 heavy (non-hydrogen) atoms. The van der Waals surface area contributed by atoms with Crippen molar-refractivity contribution in [2.24, 2.45) is 5.10 Å². The number of amides is 2. The molecule has 0 spiro atoms. The number of nitrogens with zero attached hydrogens (tertiary/aromatic N) is 1. The summed E-state index contributed by atoms with van der Waals surface area (Å²) >= 11 is 3.38. The summed E-state index contributed by atoms with van der Waals surface area (Å²) in [7, 11) is 1.56. The number of ether oxygens (including phenoxy) is 2. The molecule has 2 amide bonds. The van der Waals surface area contributed by atoms with Gasteiger partial charge in [-0.1, -0.05) is 34.1 Å². The summed E-state index contributed by atoms with van der Waals surface area (Å²) < 4.78 is 11.4. The molecule has 0 aliphatic carbocycles. The smallest absolute Gasteiger partial charge is 0.343 e. The summed E-state index contributed by atoms with van der Waals surface area (Å²) in [6.45, 7) is 0. The fraction of sp³-hybridized carbons (Fsp3) is 0.0345. The Morgan fingerprint density at radius 1 is 0.789 bits per heavy atom. The standard InChI is InChI=1S/C29H22BrN3O5/c1-37-25-14-9-19(10-15-25)27(34)32-24-12-7-20(8-13-24)28(35)33-31-18-22-17-23(30)11-16-26(22)38-29(36)21-5-3-2-4-6-21/h2-18H,1H3,(H,32,34)(H,33,35)/b31-18-. The van der Waals surface area contributed by atoms with Crippen molar-refractivity contribution in [3.8, 4) is 11.5 Å². The number of nitrogens with one attached hydrogen (secondary N) is 2. The van der Waals surface area contributed by atoms with Gasteiger partial charge in [0.1, 0.15) is 11.5 Å². The number of carbonyl (C=O) groups excluding carboxylic acids is 3. The van der Waals surface area contributed by atoms with E-state index in [9.17, 15) is 14.4 Å². The first-order valence-electron chi connectivity index (χ1n) is 11.4. The summed E-state index contributed by atoms with van der Waals surface area (Å²) in [6, 6.07) is 26.8. The Morgan fingerprint density at radius 2 is 1.45 bits per heavy atom. The largest absolute Gasteiger partial charge is 0.497 e. The molecule has 0 aromatic heterocycles. The Kier molecular flexibility index (Phi) is 8.63. The summed E-state index contributed by atoms with van der Waals surface area (Å²) in [5.74, 6) is -0.300. The zero-order valence-corrected chi connectivity index (χ0v) is 21.8. The number of hydrogen-bond donors (Lipinski definition) is 2. The van der Waals surface area contributed by atoms with Gasteiger partial charge in [0.2, 0.25) is 0 Å². The lowest BCUT2D eigenvalue weighted by molar-refractivity contribution is 0.0733. The zero-order valence-electron chi connectivity index (χ0n) is 20.2. The zero-order chi connectivity index (χ0) is 26.9. The first-order valence-corrected chi connectivity index (χ1v) is 12.2. The van der Waals surface area contributed by atoms with E-state index < -0.39 is 11.9 Å². The van der Waals surface area contributed by atoms with Gasteiger partial charge in [-0.2, -0.15) is 5.10 Å². The molecule has 0 heterocycles. The molecule has 4 rings (SSSR count). The summed E-state index contributed by atoms with van der Waals surface area (Å²) in [4.78, 5) is 37.4. The minimum atomic E-state index is -0.509. The molecule has 8 nitrogen and oxygen atoms in total. The normalized spacial score (nSPS) is 10.6. The van der Waals surface area contributed by atoms with Gasteiger partial charge in [-0.15, -0.1) is 0 Å². The highest BCUT2D eigenvalue weighted by Crippen LogP contribution is 2.23. The molecule has 0 bridgehead atoms. The van der Waals surface area contributed by atoms with E-state index in [1.165, 1.54) is 6.21 Å². The second-order valence-electron chi connectivity index (χ2n) is 7.90. The molecule has 4 aromatic carbocycles. The fourth-order valence-electron chi connectivity index (χ4n) is 3.32. The molecular weight excluding hydrogens is 550 g/mol. The molecule has 0 radical (unpaired) electrons. The predicted molar refractivity (Wildman–Crippen MR) is 148 cm³/mol. The van der Waals surface area contributed by atoms with Crippen LogP contribution in [0, 0.1) is 0 Å². The van der Waals surface area contributed by atoms with Crippen LogP contribution in [0.15, 0.2) is 107 Å². The van der Waals surface area contributed by atoms with E-state index in [0.29, 0.717) is 33.7 Å². The highest BCUT2D eigenvalue weighted by molar-refractivity contribution is 9.10. The maximum Gasteiger partial charge on any atom is 0.343 e. The quantitative estimate of drug-likeness (QED) is 0.122.